The lowest BCUT2D eigenvalue weighted by Gasteiger charge is -2.23. The van der Waals surface area contributed by atoms with Crippen LogP contribution in [0.3, 0.4) is 0 Å². The summed E-state index contributed by atoms with van der Waals surface area (Å²) in [7, 11) is 0. The van der Waals surface area contributed by atoms with Crippen LogP contribution in [0.1, 0.15) is 54.8 Å². The summed E-state index contributed by atoms with van der Waals surface area (Å²) in [6.45, 7) is 0.818. The Labute approximate surface area is 217 Å². The van der Waals surface area contributed by atoms with E-state index in [4.69, 9.17) is 14.5 Å². The molecule has 1 aliphatic heterocycles. The molecule has 0 unspecified atom stereocenters. The van der Waals surface area contributed by atoms with Gasteiger partial charge in [-0.2, -0.15) is 23.1 Å². The maximum absolute atomic E-state index is 13.2. The Morgan fingerprint density at radius 1 is 0.895 bits per heavy atom. The quantitative estimate of drug-likeness (QED) is 0.293. The highest BCUT2D eigenvalue weighted by atomic mass is 19.4. The van der Waals surface area contributed by atoms with E-state index in [-0.39, 0.29) is 13.3 Å². The Morgan fingerprint density at radius 3 is 2.53 bits per heavy atom. The van der Waals surface area contributed by atoms with Crippen LogP contribution in [-0.4, -0.2) is 26.3 Å². The molecule has 11 heteroatoms. The lowest BCUT2D eigenvalue weighted by Crippen LogP contribution is -2.14. The zero-order chi connectivity index (χ0) is 26.1. The Morgan fingerprint density at radius 2 is 1.68 bits per heavy atom. The normalized spacial score (nSPS) is 15.7. The molecule has 0 bridgehead atoms. The Kier molecular flexibility index (Phi) is 6.42. The lowest BCUT2D eigenvalue weighted by molar-refractivity contribution is -0.137. The predicted molar refractivity (Wildman–Crippen MR) is 136 cm³/mol. The van der Waals surface area contributed by atoms with Crippen LogP contribution in [-0.2, 0) is 19.3 Å². The number of imidazole rings is 1. The molecule has 8 nitrogen and oxygen atoms in total. The van der Waals surface area contributed by atoms with E-state index in [0.29, 0.717) is 52.6 Å². The number of anilines is 2. The summed E-state index contributed by atoms with van der Waals surface area (Å²) in [5.74, 6) is 2.28. The minimum absolute atomic E-state index is 0.161. The number of benzene rings is 2. The molecule has 3 heterocycles. The second-order valence-corrected chi connectivity index (χ2v) is 9.60. The number of ether oxygens (including phenoxy) is 2. The Balaban J connectivity index is 1.29. The number of nitrogens with one attached hydrogen (secondary N) is 2. The molecule has 0 atom stereocenters. The average molecular weight is 525 g/mol. The first-order chi connectivity index (χ1) is 18.4. The van der Waals surface area contributed by atoms with E-state index in [0.717, 1.165) is 43.4 Å². The third-order valence-corrected chi connectivity index (χ3v) is 6.99. The molecule has 2 N–H and O–H groups in total. The van der Waals surface area contributed by atoms with Gasteiger partial charge in [0.25, 0.3) is 0 Å². The Hall–Kier alpha value is -4.02. The monoisotopic (exact) mass is 524 g/mol. The number of aromatic nitrogens is 4. The first-order valence-electron chi connectivity index (χ1n) is 12.7. The van der Waals surface area contributed by atoms with Crippen molar-refractivity contribution in [3.05, 3.63) is 65.5 Å². The minimum Gasteiger partial charge on any atom is -0.454 e. The van der Waals surface area contributed by atoms with Crippen LogP contribution >= 0.6 is 0 Å². The third-order valence-electron chi connectivity index (χ3n) is 6.99. The molecule has 0 spiro atoms. The highest BCUT2D eigenvalue weighted by molar-refractivity contribution is 5.84. The number of halogens is 3. The lowest BCUT2D eigenvalue weighted by atomic mass is 9.95. The topological polar surface area (TPSA) is 86.1 Å². The fourth-order valence-corrected chi connectivity index (χ4v) is 5.02. The van der Waals surface area contributed by atoms with Crippen molar-refractivity contribution in [1.82, 2.24) is 19.5 Å². The minimum atomic E-state index is -4.40. The van der Waals surface area contributed by atoms with Crippen molar-refractivity contribution in [1.29, 1.82) is 0 Å². The van der Waals surface area contributed by atoms with E-state index in [9.17, 15) is 13.2 Å². The van der Waals surface area contributed by atoms with Gasteiger partial charge in [0.15, 0.2) is 28.5 Å². The number of nitrogens with zero attached hydrogens (tertiary/aromatic N) is 4. The van der Waals surface area contributed by atoms with Crippen LogP contribution < -0.4 is 20.1 Å². The van der Waals surface area contributed by atoms with E-state index < -0.39 is 11.7 Å². The molecule has 1 fully saturated rings. The molecule has 2 aromatic heterocycles. The number of rotatable bonds is 7. The van der Waals surface area contributed by atoms with Crippen molar-refractivity contribution < 1.29 is 22.6 Å². The molecule has 6 rings (SSSR count). The summed E-state index contributed by atoms with van der Waals surface area (Å²) in [5, 5.41) is 6.48. The fraction of sp³-hybridized carbons (Fsp3) is 0.370. The molecular formula is C27H27F3N6O2. The van der Waals surface area contributed by atoms with E-state index >= 15 is 0 Å². The van der Waals surface area contributed by atoms with Crippen molar-refractivity contribution in [2.45, 2.75) is 57.4 Å². The van der Waals surface area contributed by atoms with Crippen LogP contribution in [0.4, 0.5) is 24.9 Å². The van der Waals surface area contributed by atoms with Gasteiger partial charge in [0, 0.05) is 19.1 Å². The molecule has 0 amide bonds. The third kappa shape index (κ3) is 5.05. The van der Waals surface area contributed by atoms with E-state index in [1.54, 1.807) is 12.4 Å². The highest BCUT2D eigenvalue weighted by Crippen LogP contribution is 2.34. The van der Waals surface area contributed by atoms with E-state index in [2.05, 4.69) is 25.2 Å². The summed E-state index contributed by atoms with van der Waals surface area (Å²) in [4.78, 5) is 14.0. The van der Waals surface area contributed by atoms with Gasteiger partial charge in [-0.15, -0.1) is 0 Å². The van der Waals surface area contributed by atoms with Gasteiger partial charge in [-0.05, 0) is 48.2 Å². The molecule has 2 aromatic carbocycles. The van der Waals surface area contributed by atoms with E-state index in [1.165, 1.54) is 12.5 Å². The van der Waals surface area contributed by atoms with Crippen LogP contribution in [0.15, 0.2) is 48.8 Å². The highest BCUT2D eigenvalue weighted by Gasteiger charge is 2.30. The first kappa shape index (κ1) is 24.3. The molecule has 0 saturated heterocycles. The summed E-state index contributed by atoms with van der Waals surface area (Å²) in [6, 6.07) is 11.3. The SMILES string of the molecule is FC(F)(F)c1cccc(CNc2nc(NCc3ccc4c(c3)OCO4)nc3c2ncn3C2CCCCC2)c1. The fourth-order valence-electron chi connectivity index (χ4n) is 5.02. The maximum Gasteiger partial charge on any atom is 0.416 e. The molecule has 4 aromatic rings. The molecule has 1 saturated carbocycles. The second-order valence-electron chi connectivity index (χ2n) is 9.60. The standard InChI is InChI=1S/C27H27F3N6O2/c28-27(29,30)19-6-4-5-17(11-19)13-31-24-23-25(36(15-33-23)20-7-2-1-3-8-20)35-26(34-24)32-14-18-9-10-21-22(12-18)38-16-37-21/h4-6,9-12,15,20H,1-3,7-8,13-14,16H2,(H2,31,32,34,35). The van der Waals surface area contributed by atoms with Gasteiger partial charge in [-0.1, -0.05) is 37.5 Å². The van der Waals surface area contributed by atoms with Crippen LogP contribution in [0.2, 0.25) is 0 Å². The van der Waals surface area contributed by atoms with Crippen molar-refractivity contribution in [2.24, 2.45) is 0 Å². The van der Waals surface area contributed by atoms with Gasteiger partial charge >= 0.3 is 6.18 Å². The van der Waals surface area contributed by atoms with Crippen molar-refractivity contribution in [2.75, 3.05) is 17.4 Å². The van der Waals surface area contributed by atoms with Gasteiger partial charge in [0.05, 0.1) is 11.9 Å². The van der Waals surface area contributed by atoms with Gasteiger partial charge in [0.2, 0.25) is 12.7 Å². The van der Waals surface area contributed by atoms with Crippen molar-refractivity contribution >= 4 is 22.9 Å². The number of alkyl halides is 3. The van der Waals surface area contributed by atoms with Gasteiger partial charge in [-0.25, -0.2) is 4.98 Å². The van der Waals surface area contributed by atoms with E-state index in [1.807, 2.05) is 18.2 Å². The zero-order valence-electron chi connectivity index (χ0n) is 20.6. The Bertz CT molecular complexity index is 1450. The molecule has 198 valence electrons. The smallest absolute Gasteiger partial charge is 0.416 e. The number of hydrogen-bond acceptors (Lipinski definition) is 7. The van der Waals surface area contributed by atoms with Crippen LogP contribution in [0, 0.1) is 0 Å². The number of fused-ring (bicyclic) bond motifs is 2. The maximum atomic E-state index is 13.2. The molecule has 0 radical (unpaired) electrons. The van der Waals surface area contributed by atoms with Crippen molar-refractivity contribution in [3.63, 3.8) is 0 Å². The molecular weight excluding hydrogens is 497 g/mol. The summed E-state index contributed by atoms with van der Waals surface area (Å²) >= 11 is 0. The first-order valence-corrected chi connectivity index (χ1v) is 12.7. The second kappa shape index (κ2) is 10.0. The van der Waals surface area contributed by atoms with Gasteiger partial charge in [0.1, 0.15) is 0 Å². The van der Waals surface area contributed by atoms with Gasteiger partial charge < -0.3 is 24.7 Å². The largest absolute Gasteiger partial charge is 0.454 e. The molecule has 2 aliphatic rings. The van der Waals surface area contributed by atoms with Crippen molar-refractivity contribution in [3.8, 4) is 11.5 Å². The number of hydrogen-bond donors (Lipinski definition) is 2. The summed E-state index contributed by atoms with van der Waals surface area (Å²) in [6.07, 6.45) is 3.06. The average Bonchev–Trinajstić information content (AvgIpc) is 3.57. The molecule has 38 heavy (non-hydrogen) atoms. The van der Waals surface area contributed by atoms with Crippen LogP contribution in [0.5, 0.6) is 11.5 Å². The predicted octanol–water partition coefficient (Wildman–Crippen LogP) is 6.30. The summed E-state index contributed by atoms with van der Waals surface area (Å²) in [5.41, 5.74) is 2.07. The molecule has 1 aliphatic carbocycles. The van der Waals surface area contributed by atoms with Gasteiger partial charge in [-0.3, -0.25) is 0 Å². The summed E-state index contributed by atoms with van der Waals surface area (Å²) < 4.78 is 52.5. The van der Waals surface area contributed by atoms with Crippen LogP contribution in [0.25, 0.3) is 11.2 Å². The zero-order valence-corrected chi connectivity index (χ0v) is 20.6.